The first-order valence-electron chi connectivity index (χ1n) is 19.6. The Kier molecular flexibility index (Phi) is 9.31. The molecule has 0 aromatic heterocycles. The third-order valence-corrected chi connectivity index (χ3v) is 12.1. The minimum absolute atomic E-state index is 0.501. The predicted octanol–water partition coefficient (Wildman–Crippen LogP) is 15.0. The molecule has 0 bridgehead atoms. The molecule has 0 unspecified atom stereocenters. The number of fused-ring (bicyclic) bond motifs is 9. The van der Waals surface area contributed by atoms with Crippen molar-refractivity contribution in [3.63, 3.8) is 0 Å². The van der Waals surface area contributed by atoms with Gasteiger partial charge >= 0.3 is 0 Å². The van der Waals surface area contributed by atoms with Crippen LogP contribution in [0.2, 0.25) is 0 Å². The topological polar surface area (TPSA) is 21.6 Å². The molecule has 276 valence electrons. The Labute approximate surface area is 353 Å². The maximum absolute atomic E-state index is 6.79. The minimum atomic E-state index is -0.501. The van der Waals surface area contributed by atoms with E-state index in [4.69, 9.17) is 9.73 Å². The van der Waals surface area contributed by atoms with Gasteiger partial charge in [-0.25, -0.2) is 0 Å². The van der Waals surface area contributed by atoms with Crippen LogP contribution >= 0.6 is 22.6 Å². The van der Waals surface area contributed by atoms with Gasteiger partial charge in [0.25, 0.3) is 0 Å². The van der Waals surface area contributed by atoms with Gasteiger partial charge in [-0.15, -0.1) is 0 Å². The minimum Gasteiger partial charge on any atom is -0.457 e. The van der Waals surface area contributed by atoms with E-state index in [1.165, 1.54) is 44.5 Å². The average Bonchev–Trinajstić information content (AvgIpc) is 3.57. The fourth-order valence-electron chi connectivity index (χ4n) is 8.95. The van der Waals surface area contributed by atoms with Gasteiger partial charge in [0.05, 0.1) is 16.8 Å². The van der Waals surface area contributed by atoms with Crippen LogP contribution in [0.3, 0.4) is 0 Å². The monoisotopic (exact) mass is 855 g/mol. The number of benzene rings is 8. The van der Waals surface area contributed by atoms with Crippen LogP contribution in [0.25, 0.3) is 39.0 Å². The molecule has 2 aliphatic rings. The number of aliphatic imine (C=N–C) groups is 1. The number of ether oxygens (including phenoxy) is 1. The summed E-state index contributed by atoms with van der Waals surface area (Å²) in [6, 6.07) is 71.1. The zero-order valence-electron chi connectivity index (χ0n) is 31.8. The van der Waals surface area contributed by atoms with E-state index in [9.17, 15) is 0 Å². The van der Waals surface area contributed by atoms with E-state index in [2.05, 4.69) is 229 Å². The number of hydrogen-bond acceptors (Lipinski definition) is 2. The summed E-state index contributed by atoms with van der Waals surface area (Å²) in [6.45, 7) is 4.40. The highest BCUT2D eigenvalue weighted by atomic mass is 127. The van der Waals surface area contributed by atoms with Crippen molar-refractivity contribution >= 4 is 39.6 Å². The Hall–Kier alpha value is -6.56. The highest BCUT2D eigenvalue weighted by molar-refractivity contribution is 14.1. The summed E-state index contributed by atoms with van der Waals surface area (Å²) in [6.07, 6.45) is 2.88. The van der Waals surface area contributed by atoms with E-state index < -0.39 is 5.41 Å². The summed E-state index contributed by atoms with van der Waals surface area (Å²) < 4.78 is 7.77. The Balaban J connectivity index is 1.03. The molecule has 0 amide bonds. The van der Waals surface area contributed by atoms with Gasteiger partial charge in [-0.3, -0.25) is 4.99 Å². The van der Waals surface area contributed by atoms with Crippen LogP contribution in [-0.2, 0) is 5.41 Å². The first kappa shape index (κ1) is 35.8. The Morgan fingerprint density at radius 3 is 1.66 bits per heavy atom. The van der Waals surface area contributed by atoms with Crippen molar-refractivity contribution in [3.8, 4) is 44.9 Å². The number of allylic oxidation sites excluding steroid dienone is 3. The van der Waals surface area contributed by atoms with Crippen LogP contribution in [0.15, 0.2) is 221 Å². The average molecular weight is 856 g/mol. The quantitative estimate of drug-likeness (QED) is 0.0848. The molecule has 8 aromatic rings. The van der Waals surface area contributed by atoms with Crippen LogP contribution in [0.5, 0.6) is 11.5 Å². The molecule has 58 heavy (non-hydrogen) atoms. The van der Waals surface area contributed by atoms with E-state index in [0.29, 0.717) is 6.42 Å². The molecule has 0 saturated carbocycles. The van der Waals surface area contributed by atoms with Gasteiger partial charge in [-0.2, -0.15) is 0 Å². The summed E-state index contributed by atoms with van der Waals surface area (Å²) in [4.78, 5) is 5.37. The normalized spacial score (nSPS) is 13.5. The molecule has 0 atom stereocenters. The maximum atomic E-state index is 6.79. The van der Waals surface area contributed by atoms with E-state index in [-0.39, 0.29) is 0 Å². The number of hydrogen-bond donors (Lipinski definition) is 0. The molecule has 10 rings (SSSR count). The Morgan fingerprint density at radius 2 is 1.02 bits per heavy atom. The second-order valence-corrected chi connectivity index (χ2v) is 16.1. The van der Waals surface area contributed by atoms with Crippen LogP contribution in [-0.4, -0.2) is 5.71 Å². The van der Waals surface area contributed by atoms with Crippen LogP contribution in [0.4, 0.5) is 5.69 Å². The summed E-state index contributed by atoms with van der Waals surface area (Å²) in [7, 11) is 0. The summed E-state index contributed by atoms with van der Waals surface area (Å²) in [5.74, 6) is 1.69. The van der Waals surface area contributed by atoms with Crippen LogP contribution in [0, 0.1) is 0 Å². The molecule has 1 spiro atoms. The van der Waals surface area contributed by atoms with Crippen LogP contribution in [0.1, 0.15) is 39.8 Å². The van der Waals surface area contributed by atoms with E-state index >= 15 is 0 Å². The van der Waals surface area contributed by atoms with E-state index in [1.54, 1.807) is 0 Å². The molecule has 0 N–H and O–H groups in total. The lowest BCUT2D eigenvalue weighted by molar-refractivity contribution is 0.436. The first-order valence-corrected chi connectivity index (χ1v) is 20.7. The van der Waals surface area contributed by atoms with Gasteiger partial charge in [0.2, 0.25) is 0 Å². The van der Waals surface area contributed by atoms with Crippen molar-refractivity contribution < 1.29 is 4.74 Å². The van der Waals surface area contributed by atoms with Crippen molar-refractivity contribution in [2.24, 2.45) is 4.99 Å². The Bertz CT molecular complexity index is 2860. The molecule has 1 aliphatic carbocycles. The molecule has 3 heteroatoms. The molecule has 0 fully saturated rings. The zero-order valence-corrected chi connectivity index (χ0v) is 33.9. The molecule has 1 heterocycles. The second-order valence-electron chi connectivity index (χ2n) is 14.8. The van der Waals surface area contributed by atoms with Gasteiger partial charge in [0.1, 0.15) is 11.5 Å². The molecule has 0 radical (unpaired) electrons. The van der Waals surface area contributed by atoms with E-state index in [1.807, 2.05) is 6.07 Å². The third kappa shape index (κ3) is 6.14. The van der Waals surface area contributed by atoms with Gasteiger partial charge < -0.3 is 4.74 Å². The predicted molar refractivity (Wildman–Crippen MR) is 250 cm³/mol. The fraction of sp³-hybridized carbons (Fsp3) is 0.0364. The van der Waals surface area contributed by atoms with Crippen LogP contribution < -0.4 is 4.74 Å². The lowest BCUT2D eigenvalue weighted by atomic mass is 9.66. The highest BCUT2D eigenvalue weighted by Crippen LogP contribution is 2.62. The third-order valence-electron chi connectivity index (χ3n) is 11.5. The molecule has 8 aromatic carbocycles. The van der Waals surface area contributed by atoms with Gasteiger partial charge in [-0.05, 0) is 95.9 Å². The second kappa shape index (κ2) is 15.1. The highest BCUT2D eigenvalue weighted by Gasteiger charge is 2.50. The van der Waals surface area contributed by atoms with Crippen molar-refractivity contribution in [1.82, 2.24) is 0 Å². The molecular weight excluding hydrogens is 818 g/mol. The molecule has 0 saturated heterocycles. The summed E-state index contributed by atoms with van der Waals surface area (Å²) >= 11 is 2.35. The van der Waals surface area contributed by atoms with Gasteiger partial charge in [-0.1, -0.05) is 195 Å². The van der Waals surface area contributed by atoms with Crippen molar-refractivity contribution in [2.45, 2.75) is 11.8 Å². The number of para-hydroxylation sites is 1. The van der Waals surface area contributed by atoms with Crippen molar-refractivity contribution in [1.29, 1.82) is 0 Å². The molecule has 1 aliphatic heterocycles. The Morgan fingerprint density at radius 1 is 0.500 bits per heavy atom. The molecular formula is C55H38INO. The molecule has 2 nitrogen and oxygen atoms in total. The van der Waals surface area contributed by atoms with E-state index in [0.717, 1.165) is 54.3 Å². The lowest BCUT2D eigenvalue weighted by Crippen LogP contribution is -2.32. The van der Waals surface area contributed by atoms with Gasteiger partial charge in [0.15, 0.2) is 0 Å². The largest absolute Gasteiger partial charge is 0.457 e. The smallest absolute Gasteiger partial charge is 0.134 e. The van der Waals surface area contributed by atoms with Crippen molar-refractivity contribution in [3.05, 3.63) is 250 Å². The SMILES string of the molecule is C=C(I)/C(=C/CC(=Nc1ccc2c(c1)Oc1ccccc1C21c2ccccc2-c2ccccc21)c1ccccc1)c1ccc(-c2ccccc2-c2ccccc2)cc1. The first-order chi connectivity index (χ1) is 28.6. The van der Waals surface area contributed by atoms with Crippen molar-refractivity contribution in [2.75, 3.05) is 0 Å². The number of nitrogens with zero attached hydrogens (tertiary/aromatic N) is 1. The summed E-state index contributed by atoms with van der Waals surface area (Å²) in [5.41, 5.74) is 16.8. The van der Waals surface area contributed by atoms with Gasteiger partial charge in [0, 0.05) is 27.2 Å². The standard InChI is InChI=1S/C55H38INO/c1-37(56)43(39-28-30-40(31-29-39)45-21-9-8-20-44(45)38-16-4-2-5-17-38)33-35-52(41-18-6-3-7-19-41)57-42-32-34-51-54(36-42)58-53-27-15-14-26-50(53)55(51)48-24-12-10-22-46(48)47-23-11-13-25-49(47)55/h2-34,36H,1,35H2/b43-33-,57-52?. The zero-order chi connectivity index (χ0) is 39.1. The fourth-order valence-corrected chi connectivity index (χ4v) is 9.48. The maximum Gasteiger partial charge on any atom is 0.134 e. The number of rotatable bonds is 8. The number of halogens is 1. The lowest BCUT2D eigenvalue weighted by Gasteiger charge is -2.39. The summed E-state index contributed by atoms with van der Waals surface area (Å²) in [5, 5.41) is 0.